The van der Waals surface area contributed by atoms with Crippen molar-refractivity contribution in [2.75, 3.05) is 0 Å². The number of hydrogen-bond donors (Lipinski definition) is 1. The van der Waals surface area contributed by atoms with Crippen molar-refractivity contribution < 1.29 is 39.5 Å². The summed E-state index contributed by atoms with van der Waals surface area (Å²) in [7, 11) is 0. The standard InChI is InChI=1S/C12H10F9N.ClH/c13-10(14,15)2-1-9(22)6-3-7(11(16,17)18)5-8(4-6)12(19,20)21;/h3-5,9H,1-2,22H2;1H/t9-;/m1./s1. The first kappa shape index (κ1) is 21.8. The molecule has 1 aromatic carbocycles. The van der Waals surface area contributed by atoms with Crippen LogP contribution in [-0.2, 0) is 12.4 Å². The van der Waals surface area contributed by atoms with Gasteiger partial charge in [-0.3, -0.25) is 0 Å². The van der Waals surface area contributed by atoms with Crippen LogP contribution < -0.4 is 5.73 Å². The van der Waals surface area contributed by atoms with Gasteiger partial charge in [0.05, 0.1) is 11.1 Å². The SMILES string of the molecule is Cl.N[C@H](CCC(F)(F)F)c1cc(C(F)(F)F)cc(C(F)(F)F)c1. The quantitative estimate of drug-likeness (QED) is 0.695. The predicted octanol–water partition coefficient (Wildman–Crippen LogP) is 5.49. The van der Waals surface area contributed by atoms with Gasteiger partial charge in [-0.25, -0.2) is 0 Å². The first-order valence-electron chi connectivity index (χ1n) is 5.82. The van der Waals surface area contributed by atoms with Crippen molar-refractivity contribution in [3.05, 3.63) is 34.9 Å². The maximum atomic E-state index is 12.6. The van der Waals surface area contributed by atoms with Gasteiger partial charge in [0.15, 0.2) is 0 Å². The second-order valence-electron chi connectivity index (χ2n) is 4.60. The van der Waals surface area contributed by atoms with Crippen LogP contribution in [0.15, 0.2) is 18.2 Å². The van der Waals surface area contributed by atoms with E-state index in [1.54, 1.807) is 0 Å². The lowest BCUT2D eigenvalue weighted by atomic mass is 9.97. The number of rotatable bonds is 3. The molecule has 0 bridgehead atoms. The fourth-order valence-electron chi connectivity index (χ4n) is 1.68. The van der Waals surface area contributed by atoms with E-state index >= 15 is 0 Å². The molecule has 0 saturated heterocycles. The summed E-state index contributed by atoms with van der Waals surface area (Å²) in [4.78, 5) is 0. The molecule has 0 aliphatic rings. The van der Waals surface area contributed by atoms with Gasteiger partial charge < -0.3 is 5.73 Å². The van der Waals surface area contributed by atoms with Crippen molar-refractivity contribution in [3.63, 3.8) is 0 Å². The Balaban J connectivity index is 0.00000484. The number of benzene rings is 1. The lowest BCUT2D eigenvalue weighted by Crippen LogP contribution is -2.18. The van der Waals surface area contributed by atoms with Crippen LogP contribution >= 0.6 is 12.4 Å². The summed E-state index contributed by atoms with van der Waals surface area (Å²) >= 11 is 0. The number of hydrogen-bond acceptors (Lipinski definition) is 1. The van der Waals surface area contributed by atoms with Gasteiger partial charge in [0.2, 0.25) is 0 Å². The van der Waals surface area contributed by atoms with Crippen molar-refractivity contribution >= 4 is 12.4 Å². The Kier molecular flexibility index (Phi) is 6.80. The maximum absolute atomic E-state index is 12.6. The summed E-state index contributed by atoms with van der Waals surface area (Å²) in [6.45, 7) is 0. The summed E-state index contributed by atoms with van der Waals surface area (Å²) in [5.74, 6) is 0. The molecule has 134 valence electrons. The second kappa shape index (κ2) is 7.16. The zero-order valence-corrected chi connectivity index (χ0v) is 11.9. The third kappa shape index (κ3) is 6.86. The molecular formula is C12H11ClF9N. The monoisotopic (exact) mass is 375 g/mol. The van der Waals surface area contributed by atoms with Gasteiger partial charge in [-0.1, -0.05) is 0 Å². The van der Waals surface area contributed by atoms with Crippen LogP contribution in [-0.4, -0.2) is 6.18 Å². The lowest BCUT2D eigenvalue weighted by Gasteiger charge is -2.18. The molecule has 11 heteroatoms. The molecule has 1 atom stereocenters. The molecule has 0 fully saturated rings. The Hall–Kier alpha value is -1.16. The Morgan fingerprint density at radius 2 is 1.17 bits per heavy atom. The van der Waals surface area contributed by atoms with Crippen molar-refractivity contribution in [3.8, 4) is 0 Å². The molecule has 0 spiro atoms. The Labute approximate surface area is 131 Å². The summed E-state index contributed by atoms with van der Waals surface area (Å²) in [5, 5.41) is 0. The summed E-state index contributed by atoms with van der Waals surface area (Å²) < 4.78 is 112. The minimum absolute atomic E-state index is 0. The second-order valence-corrected chi connectivity index (χ2v) is 4.60. The number of nitrogens with two attached hydrogens (primary N) is 1. The summed E-state index contributed by atoms with van der Waals surface area (Å²) in [5.41, 5.74) is 1.42. The molecule has 0 radical (unpaired) electrons. The molecule has 0 saturated carbocycles. The zero-order chi connectivity index (χ0) is 17.3. The lowest BCUT2D eigenvalue weighted by molar-refractivity contribution is -0.143. The van der Waals surface area contributed by atoms with Crippen LogP contribution in [0.3, 0.4) is 0 Å². The molecule has 0 amide bonds. The zero-order valence-electron chi connectivity index (χ0n) is 11.1. The first-order valence-corrected chi connectivity index (χ1v) is 5.82. The number of halogens is 10. The molecule has 1 nitrogen and oxygen atoms in total. The topological polar surface area (TPSA) is 26.0 Å². The van der Waals surface area contributed by atoms with E-state index in [1.165, 1.54) is 0 Å². The van der Waals surface area contributed by atoms with Gasteiger partial charge in [-0.2, -0.15) is 39.5 Å². The Bertz CT molecular complexity index is 486. The largest absolute Gasteiger partial charge is 0.416 e. The van der Waals surface area contributed by atoms with E-state index in [0.717, 1.165) is 0 Å². The van der Waals surface area contributed by atoms with Crippen LogP contribution in [0.4, 0.5) is 39.5 Å². The third-order valence-electron chi connectivity index (χ3n) is 2.78. The van der Waals surface area contributed by atoms with Crippen LogP contribution in [0.1, 0.15) is 35.6 Å². The molecule has 0 aliphatic carbocycles. The fraction of sp³-hybridized carbons (Fsp3) is 0.500. The molecule has 0 aromatic heterocycles. The minimum atomic E-state index is -5.07. The van der Waals surface area contributed by atoms with Gasteiger partial charge in [0, 0.05) is 12.5 Å². The van der Waals surface area contributed by atoms with Gasteiger partial charge in [-0.15, -0.1) is 12.4 Å². The normalized spacial score (nSPS) is 14.3. The van der Waals surface area contributed by atoms with E-state index in [9.17, 15) is 39.5 Å². The Morgan fingerprint density at radius 1 is 0.783 bits per heavy atom. The van der Waals surface area contributed by atoms with E-state index in [0.29, 0.717) is 12.1 Å². The minimum Gasteiger partial charge on any atom is -0.324 e. The molecule has 2 N–H and O–H groups in total. The van der Waals surface area contributed by atoms with E-state index in [1.807, 2.05) is 0 Å². The molecule has 1 aromatic rings. The highest BCUT2D eigenvalue weighted by Gasteiger charge is 2.37. The molecule has 23 heavy (non-hydrogen) atoms. The highest BCUT2D eigenvalue weighted by atomic mass is 35.5. The highest BCUT2D eigenvalue weighted by molar-refractivity contribution is 5.85. The van der Waals surface area contributed by atoms with E-state index in [2.05, 4.69) is 0 Å². The predicted molar refractivity (Wildman–Crippen MR) is 65.9 cm³/mol. The third-order valence-corrected chi connectivity index (χ3v) is 2.78. The molecular weight excluding hydrogens is 365 g/mol. The van der Waals surface area contributed by atoms with E-state index in [4.69, 9.17) is 5.73 Å². The van der Waals surface area contributed by atoms with Gasteiger partial charge in [0.25, 0.3) is 0 Å². The average Bonchev–Trinajstić information content (AvgIpc) is 2.32. The van der Waals surface area contributed by atoms with E-state index in [-0.39, 0.29) is 18.5 Å². The number of alkyl halides is 9. The first-order chi connectivity index (χ1) is 9.70. The van der Waals surface area contributed by atoms with Crippen molar-refractivity contribution in [1.29, 1.82) is 0 Å². The summed E-state index contributed by atoms with van der Waals surface area (Å²) in [6.07, 6.45) is -17.0. The van der Waals surface area contributed by atoms with Crippen molar-refractivity contribution in [2.45, 2.75) is 37.4 Å². The maximum Gasteiger partial charge on any atom is 0.416 e. The van der Waals surface area contributed by atoms with Gasteiger partial charge in [0.1, 0.15) is 0 Å². The van der Waals surface area contributed by atoms with Gasteiger partial charge >= 0.3 is 18.5 Å². The van der Waals surface area contributed by atoms with Gasteiger partial charge in [-0.05, 0) is 30.2 Å². The van der Waals surface area contributed by atoms with Crippen LogP contribution in [0, 0.1) is 0 Å². The molecule has 0 unspecified atom stereocenters. The van der Waals surface area contributed by atoms with Crippen LogP contribution in [0.25, 0.3) is 0 Å². The summed E-state index contributed by atoms with van der Waals surface area (Å²) in [6, 6.07) is -1.04. The van der Waals surface area contributed by atoms with E-state index < -0.39 is 54.1 Å². The van der Waals surface area contributed by atoms with Crippen LogP contribution in [0.5, 0.6) is 0 Å². The molecule has 0 aliphatic heterocycles. The Morgan fingerprint density at radius 3 is 1.48 bits per heavy atom. The smallest absolute Gasteiger partial charge is 0.324 e. The fourth-order valence-corrected chi connectivity index (χ4v) is 1.68. The van der Waals surface area contributed by atoms with Crippen LogP contribution in [0.2, 0.25) is 0 Å². The highest BCUT2D eigenvalue weighted by Crippen LogP contribution is 2.38. The average molecular weight is 376 g/mol. The molecule has 1 rings (SSSR count). The van der Waals surface area contributed by atoms with Crippen molar-refractivity contribution in [1.82, 2.24) is 0 Å². The van der Waals surface area contributed by atoms with Crippen molar-refractivity contribution in [2.24, 2.45) is 5.73 Å². The molecule has 0 heterocycles.